The Labute approximate surface area is 204 Å². The number of hydrogen-bond donors (Lipinski definition) is 1. The predicted molar refractivity (Wildman–Crippen MR) is 130 cm³/mol. The molecule has 7 nitrogen and oxygen atoms in total. The molecule has 2 aliphatic rings. The van der Waals surface area contributed by atoms with E-state index in [1.54, 1.807) is 0 Å². The molecule has 34 heavy (non-hydrogen) atoms. The third-order valence-electron chi connectivity index (χ3n) is 6.46. The van der Waals surface area contributed by atoms with E-state index in [1.807, 2.05) is 36.1 Å². The van der Waals surface area contributed by atoms with Crippen LogP contribution in [-0.2, 0) is 23.7 Å². The van der Waals surface area contributed by atoms with Gasteiger partial charge in [-0.05, 0) is 37.8 Å². The lowest BCUT2D eigenvalue weighted by atomic mass is 9.81. The van der Waals surface area contributed by atoms with Crippen LogP contribution in [0.5, 0.6) is 0 Å². The first kappa shape index (κ1) is 26.7. The molecule has 1 saturated heterocycles. The number of hydrogen-bond acceptors (Lipinski definition) is 6. The number of ether oxygens (including phenoxy) is 4. The van der Waals surface area contributed by atoms with Crippen molar-refractivity contribution in [1.29, 1.82) is 0 Å². The number of nitrogens with zero attached hydrogens (tertiary/aromatic N) is 1. The van der Waals surface area contributed by atoms with Crippen molar-refractivity contribution in [1.82, 2.24) is 4.90 Å². The monoisotopic (exact) mass is 475 g/mol. The fraction of sp³-hybridized carbons (Fsp3) is 0.667. The topological polar surface area (TPSA) is 77.5 Å². The summed E-state index contributed by atoms with van der Waals surface area (Å²) in [7, 11) is 0. The molecule has 7 heteroatoms. The lowest BCUT2D eigenvalue weighted by Gasteiger charge is -2.38. The summed E-state index contributed by atoms with van der Waals surface area (Å²) in [6.07, 6.45) is 7.89. The Kier molecular flexibility index (Phi) is 11.9. The number of amides is 1. The Morgan fingerprint density at radius 1 is 1.00 bits per heavy atom. The Hall–Kier alpha value is -1.93. The molecular formula is C27H41NO6. The van der Waals surface area contributed by atoms with E-state index in [0.717, 1.165) is 37.9 Å². The first-order chi connectivity index (χ1) is 16.7. The molecule has 2 aliphatic heterocycles. The first-order valence-electron chi connectivity index (χ1n) is 12.8. The smallest absolute Gasteiger partial charge is 0.288 e. The minimum atomic E-state index is -0.511. The average molecular weight is 476 g/mol. The van der Waals surface area contributed by atoms with E-state index >= 15 is 0 Å². The molecule has 0 radical (unpaired) electrons. The Bertz CT molecular complexity index is 732. The number of rotatable bonds is 12. The van der Waals surface area contributed by atoms with Gasteiger partial charge < -0.3 is 29.0 Å². The highest BCUT2D eigenvalue weighted by atomic mass is 16.7. The molecule has 0 bridgehead atoms. The first-order valence-corrected chi connectivity index (χ1v) is 12.8. The van der Waals surface area contributed by atoms with Gasteiger partial charge in [-0.2, -0.15) is 0 Å². The number of likely N-dealkylation sites (tertiary alicyclic amines) is 1. The fourth-order valence-corrected chi connectivity index (χ4v) is 4.70. The van der Waals surface area contributed by atoms with Crippen molar-refractivity contribution in [3.63, 3.8) is 0 Å². The van der Waals surface area contributed by atoms with Crippen LogP contribution < -0.4 is 0 Å². The van der Waals surface area contributed by atoms with Gasteiger partial charge in [0.15, 0.2) is 5.76 Å². The third kappa shape index (κ3) is 8.08. The number of benzene rings is 1. The van der Waals surface area contributed by atoms with Gasteiger partial charge >= 0.3 is 0 Å². The maximum absolute atomic E-state index is 13.5. The summed E-state index contributed by atoms with van der Waals surface area (Å²) in [5.41, 5.74) is 1.14. The zero-order valence-corrected chi connectivity index (χ0v) is 20.5. The minimum Gasteiger partial charge on any atom is -0.459 e. The standard InChI is InChI=1S/C27H41NO6/c1-2-33-27-23(13-17-31-19-20-32-18-16-29)24(22-11-7-6-8-12-22)21-25(34-27)26(30)28-14-9-4-3-5-10-15-28/h6-8,11-12,21,23-24,27,29H,2-5,9-10,13-20H2,1H3/t23-,24-,27-/m0/s1. The van der Waals surface area contributed by atoms with E-state index in [9.17, 15) is 4.79 Å². The highest BCUT2D eigenvalue weighted by Gasteiger charge is 2.38. The maximum atomic E-state index is 13.5. The van der Waals surface area contributed by atoms with Gasteiger partial charge in [0, 0.05) is 38.1 Å². The number of carbonyl (C=O) groups excluding carboxylic acids is 1. The second kappa shape index (κ2) is 15.1. The molecule has 0 spiro atoms. The van der Waals surface area contributed by atoms with Crippen LogP contribution in [0.3, 0.4) is 0 Å². The van der Waals surface area contributed by atoms with Crippen molar-refractivity contribution < 1.29 is 28.8 Å². The zero-order chi connectivity index (χ0) is 24.0. The third-order valence-corrected chi connectivity index (χ3v) is 6.46. The van der Waals surface area contributed by atoms with Crippen LogP contribution in [0.2, 0.25) is 0 Å². The van der Waals surface area contributed by atoms with Gasteiger partial charge in [-0.1, -0.05) is 49.6 Å². The molecule has 190 valence electrons. The molecule has 0 unspecified atom stereocenters. The van der Waals surface area contributed by atoms with E-state index in [1.165, 1.54) is 19.3 Å². The molecule has 2 heterocycles. The molecule has 0 aromatic heterocycles. The fourth-order valence-electron chi connectivity index (χ4n) is 4.70. The van der Waals surface area contributed by atoms with Crippen molar-refractivity contribution in [3.05, 3.63) is 47.7 Å². The Morgan fingerprint density at radius 2 is 1.68 bits per heavy atom. The van der Waals surface area contributed by atoms with Crippen molar-refractivity contribution in [2.45, 2.75) is 57.7 Å². The summed E-state index contributed by atoms with van der Waals surface area (Å²) in [6.45, 7) is 5.81. The van der Waals surface area contributed by atoms with Gasteiger partial charge in [-0.25, -0.2) is 0 Å². The number of aliphatic hydroxyl groups is 1. The highest BCUT2D eigenvalue weighted by molar-refractivity contribution is 5.91. The van der Waals surface area contributed by atoms with Gasteiger partial charge in [0.05, 0.1) is 26.4 Å². The van der Waals surface area contributed by atoms with E-state index in [0.29, 0.717) is 38.8 Å². The summed E-state index contributed by atoms with van der Waals surface area (Å²) in [4.78, 5) is 15.4. The second-order valence-electron chi connectivity index (χ2n) is 8.87. The molecule has 1 amide bonds. The van der Waals surface area contributed by atoms with Crippen molar-refractivity contribution >= 4 is 5.91 Å². The quantitative estimate of drug-likeness (QED) is 0.463. The SMILES string of the molecule is CCO[C@H]1OC(C(=O)N2CCCCCCC2)=C[C@@H](c2ccccc2)[C@@H]1CCOCCOCCO. The van der Waals surface area contributed by atoms with Crippen LogP contribution in [-0.4, -0.2) is 74.9 Å². The normalized spacial score (nSPS) is 23.5. The number of carbonyl (C=O) groups is 1. The Morgan fingerprint density at radius 3 is 2.35 bits per heavy atom. The van der Waals surface area contributed by atoms with Crippen LogP contribution in [0.1, 0.15) is 56.9 Å². The molecule has 1 fully saturated rings. The molecule has 0 aliphatic carbocycles. The number of aliphatic hydroxyl groups excluding tert-OH is 1. The predicted octanol–water partition coefficient (Wildman–Crippen LogP) is 3.87. The summed E-state index contributed by atoms with van der Waals surface area (Å²) in [5, 5.41) is 8.80. The maximum Gasteiger partial charge on any atom is 0.288 e. The van der Waals surface area contributed by atoms with E-state index in [-0.39, 0.29) is 24.3 Å². The molecular weight excluding hydrogens is 434 g/mol. The van der Waals surface area contributed by atoms with Gasteiger partial charge in [0.2, 0.25) is 6.29 Å². The number of allylic oxidation sites excluding steroid dienone is 1. The molecule has 1 aromatic carbocycles. The molecule has 3 atom stereocenters. The molecule has 0 saturated carbocycles. The minimum absolute atomic E-state index is 0.00514. The zero-order valence-electron chi connectivity index (χ0n) is 20.5. The lowest BCUT2D eigenvalue weighted by Crippen LogP contribution is -2.41. The summed E-state index contributed by atoms with van der Waals surface area (Å²) < 4.78 is 23.3. The van der Waals surface area contributed by atoms with Crippen molar-refractivity contribution in [3.8, 4) is 0 Å². The van der Waals surface area contributed by atoms with Gasteiger partial charge in [0.25, 0.3) is 5.91 Å². The Balaban J connectivity index is 1.74. The van der Waals surface area contributed by atoms with Crippen molar-refractivity contribution in [2.75, 3.05) is 52.7 Å². The van der Waals surface area contributed by atoms with E-state index in [4.69, 9.17) is 24.1 Å². The van der Waals surface area contributed by atoms with Crippen LogP contribution in [0.4, 0.5) is 0 Å². The average Bonchev–Trinajstić information content (AvgIpc) is 2.84. The highest BCUT2D eigenvalue weighted by Crippen LogP contribution is 2.39. The van der Waals surface area contributed by atoms with Crippen LogP contribution in [0.25, 0.3) is 0 Å². The van der Waals surface area contributed by atoms with Gasteiger partial charge in [0.1, 0.15) is 0 Å². The van der Waals surface area contributed by atoms with E-state index < -0.39 is 6.29 Å². The molecule has 3 rings (SSSR count). The van der Waals surface area contributed by atoms with E-state index in [2.05, 4.69) is 12.1 Å². The summed E-state index contributed by atoms with van der Waals surface area (Å²) in [5.74, 6) is 0.393. The summed E-state index contributed by atoms with van der Waals surface area (Å²) >= 11 is 0. The van der Waals surface area contributed by atoms with Gasteiger partial charge in [-0.15, -0.1) is 0 Å². The van der Waals surface area contributed by atoms with Crippen molar-refractivity contribution in [2.24, 2.45) is 5.92 Å². The molecule has 1 aromatic rings. The van der Waals surface area contributed by atoms with Gasteiger partial charge in [-0.3, -0.25) is 4.79 Å². The van der Waals surface area contributed by atoms with Crippen LogP contribution in [0, 0.1) is 5.92 Å². The summed E-state index contributed by atoms with van der Waals surface area (Å²) in [6, 6.07) is 10.3. The lowest BCUT2D eigenvalue weighted by molar-refractivity contribution is -0.172. The largest absolute Gasteiger partial charge is 0.459 e. The van der Waals surface area contributed by atoms with Crippen LogP contribution >= 0.6 is 0 Å². The van der Waals surface area contributed by atoms with Crippen LogP contribution in [0.15, 0.2) is 42.2 Å². The molecule has 1 N–H and O–H groups in total. The second-order valence-corrected chi connectivity index (χ2v) is 8.87.